The normalized spacial score (nSPS) is 12.0. The number of carbonyl (C=O) groups is 2. The van der Waals surface area contributed by atoms with Crippen LogP contribution in [0.3, 0.4) is 0 Å². The molecule has 0 bridgehead atoms. The molecule has 1 unspecified atom stereocenters. The number of thioether (sulfide) groups is 1. The molecule has 0 saturated heterocycles. The minimum absolute atomic E-state index is 0.0360. The summed E-state index contributed by atoms with van der Waals surface area (Å²) in [6.07, 6.45) is 1.91. The van der Waals surface area contributed by atoms with Crippen LogP contribution < -0.4 is 19.1 Å². The summed E-state index contributed by atoms with van der Waals surface area (Å²) in [6, 6.07) is 19.5. The molecule has 232 valence electrons. The maximum absolute atomic E-state index is 14.2. The van der Waals surface area contributed by atoms with E-state index in [-0.39, 0.29) is 29.0 Å². The third-order valence-corrected chi connectivity index (χ3v) is 9.24. The highest BCUT2D eigenvalue weighted by atomic mass is 32.2. The van der Waals surface area contributed by atoms with Gasteiger partial charge in [0, 0.05) is 18.0 Å². The first kappa shape index (κ1) is 33.8. The number of anilines is 1. The molecular formula is C32H41N3O6S2. The Morgan fingerprint density at radius 1 is 0.953 bits per heavy atom. The Morgan fingerprint density at radius 2 is 1.60 bits per heavy atom. The van der Waals surface area contributed by atoms with E-state index in [2.05, 4.69) is 5.32 Å². The quantitative estimate of drug-likeness (QED) is 0.231. The van der Waals surface area contributed by atoms with Crippen LogP contribution in [0.4, 0.5) is 5.69 Å². The van der Waals surface area contributed by atoms with Gasteiger partial charge in [-0.25, -0.2) is 8.42 Å². The van der Waals surface area contributed by atoms with Gasteiger partial charge in [-0.1, -0.05) is 38.1 Å². The van der Waals surface area contributed by atoms with Gasteiger partial charge in [0.1, 0.15) is 24.1 Å². The van der Waals surface area contributed by atoms with E-state index >= 15 is 0 Å². The highest BCUT2D eigenvalue weighted by Crippen LogP contribution is 2.33. The zero-order valence-electron chi connectivity index (χ0n) is 25.6. The summed E-state index contributed by atoms with van der Waals surface area (Å²) in [4.78, 5) is 29.7. The van der Waals surface area contributed by atoms with E-state index < -0.39 is 28.5 Å². The Morgan fingerprint density at radius 3 is 2.19 bits per heavy atom. The smallest absolute Gasteiger partial charge is 0.264 e. The molecule has 0 radical (unpaired) electrons. The molecule has 0 aliphatic rings. The highest BCUT2D eigenvalue weighted by Gasteiger charge is 2.33. The van der Waals surface area contributed by atoms with E-state index in [9.17, 15) is 18.0 Å². The monoisotopic (exact) mass is 627 g/mol. The predicted octanol–water partition coefficient (Wildman–Crippen LogP) is 5.20. The Labute approximate surface area is 259 Å². The molecule has 3 aromatic carbocycles. The van der Waals surface area contributed by atoms with Crippen LogP contribution in [0.15, 0.2) is 82.6 Å². The van der Waals surface area contributed by atoms with Crippen LogP contribution >= 0.6 is 11.8 Å². The molecule has 43 heavy (non-hydrogen) atoms. The number of nitrogens with one attached hydrogen (secondary N) is 1. The minimum Gasteiger partial charge on any atom is -0.497 e. The number of hydrogen-bond donors (Lipinski definition) is 1. The SMILES string of the molecule is CCOc1ccccc1N(CC(=O)N(Cc1ccc(OC)cc1)C(C)C(=O)NCC(C)C)S(=O)(=O)c1ccc(SC)cc1. The molecule has 11 heteroatoms. The van der Waals surface area contributed by atoms with E-state index in [0.29, 0.717) is 24.7 Å². The number of para-hydroxylation sites is 2. The van der Waals surface area contributed by atoms with Gasteiger partial charge in [0.15, 0.2) is 0 Å². The lowest BCUT2D eigenvalue weighted by Crippen LogP contribution is -2.51. The van der Waals surface area contributed by atoms with Crippen molar-refractivity contribution in [1.29, 1.82) is 0 Å². The van der Waals surface area contributed by atoms with Crippen molar-refractivity contribution in [2.75, 3.05) is 37.4 Å². The highest BCUT2D eigenvalue weighted by molar-refractivity contribution is 7.98. The molecule has 3 rings (SSSR count). The topological polar surface area (TPSA) is 105 Å². The fraction of sp³-hybridized carbons (Fsp3) is 0.375. The third kappa shape index (κ3) is 8.90. The fourth-order valence-electron chi connectivity index (χ4n) is 4.29. The Balaban J connectivity index is 2.06. The van der Waals surface area contributed by atoms with Gasteiger partial charge in [-0.3, -0.25) is 13.9 Å². The molecule has 1 N–H and O–H groups in total. The Kier molecular flexibility index (Phi) is 12.3. The lowest BCUT2D eigenvalue weighted by atomic mass is 10.1. The molecule has 0 aliphatic carbocycles. The van der Waals surface area contributed by atoms with Crippen LogP contribution in [-0.4, -0.2) is 64.2 Å². The summed E-state index contributed by atoms with van der Waals surface area (Å²) in [5, 5.41) is 2.89. The van der Waals surface area contributed by atoms with E-state index in [1.807, 2.05) is 32.2 Å². The first-order chi connectivity index (χ1) is 20.5. The second-order valence-corrected chi connectivity index (χ2v) is 13.0. The van der Waals surface area contributed by atoms with Gasteiger partial charge in [0.05, 0.1) is 24.3 Å². The number of hydrogen-bond acceptors (Lipinski definition) is 7. The van der Waals surface area contributed by atoms with Crippen LogP contribution in [0.5, 0.6) is 11.5 Å². The molecular weight excluding hydrogens is 587 g/mol. The largest absolute Gasteiger partial charge is 0.497 e. The average Bonchev–Trinajstić information content (AvgIpc) is 3.01. The first-order valence-electron chi connectivity index (χ1n) is 14.1. The Bertz CT molecular complexity index is 1460. The maximum atomic E-state index is 14.2. The number of sulfonamides is 1. The van der Waals surface area contributed by atoms with E-state index in [1.54, 1.807) is 69.5 Å². The minimum atomic E-state index is -4.22. The summed E-state index contributed by atoms with van der Waals surface area (Å²) in [6.45, 7) is 7.70. The van der Waals surface area contributed by atoms with Crippen LogP contribution in [0.1, 0.15) is 33.3 Å². The molecule has 0 spiro atoms. The molecule has 0 heterocycles. The standard InChI is InChI=1S/C32H41N3O6S2/c1-7-41-30-11-9-8-10-29(30)35(43(38,39)28-18-16-27(42-6)17-19-28)22-31(36)34(24(4)32(37)33-20-23(2)3)21-25-12-14-26(40-5)15-13-25/h8-19,23-24H,7,20-22H2,1-6H3,(H,33,37). The van der Waals surface area contributed by atoms with Crippen LogP contribution in [0.25, 0.3) is 0 Å². The number of carbonyl (C=O) groups excluding carboxylic acids is 2. The van der Waals surface area contributed by atoms with Crippen molar-refractivity contribution in [3.8, 4) is 11.5 Å². The van der Waals surface area contributed by atoms with E-state index in [1.165, 1.54) is 28.8 Å². The third-order valence-electron chi connectivity index (χ3n) is 6.72. The maximum Gasteiger partial charge on any atom is 0.264 e. The molecule has 0 fully saturated rings. The van der Waals surface area contributed by atoms with Crippen molar-refractivity contribution >= 4 is 39.3 Å². The van der Waals surface area contributed by atoms with Crippen molar-refractivity contribution in [2.45, 2.75) is 50.1 Å². The zero-order chi connectivity index (χ0) is 31.6. The van der Waals surface area contributed by atoms with Crippen LogP contribution in [0, 0.1) is 5.92 Å². The van der Waals surface area contributed by atoms with E-state index in [4.69, 9.17) is 9.47 Å². The van der Waals surface area contributed by atoms with Crippen molar-refractivity contribution < 1.29 is 27.5 Å². The predicted molar refractivity (Wildman–Crippen MR) is 171 cm³/mol. The summed E-state index contributed by atoms with van der Waals surface area (Å²) in [5.74, 6) is 0.328. The van der Waals surface area contributed by atoms with Gasteiger partial charge in [0.25, 0.3) is 10.0 Å². The van der Waals surface area contributed by atoms with Gasteiger partial charge in [-0.15, -0.1) is 11.8 Å². The summed E-state index contributed by atoms with van der Waals surface area (Å²) < 4.78 is 40.4. The molecule has 1 atom stereocenters. The van der Waals surface area contributed by atoms with Crippen molar-refractivity contribution in [3.63, 3.8) is 0 Å². The lowest BCUT2D eigenvalue weighted by molar-refractivity contribution is -0.139. The van der Waals surface area contributed by atoms with Gasteiger partial charge in [0.2, 0.25) is 11.8 Å². The van der Waals surface area contributed by atoms with E-state index in [0.717, 1.165) is 14.8 Å². The number of amides is 2. The number of ether oxygens (including phenoxy) is 2. The number of rotatable bonds is 15. The van der Waals surface area contributed by atoms with Crippen molar-refractivity contribution in [1.82, 2.24) is 10.2 Å². The number of nitrogens with zero attached hydrogens (tertiary/aromatic N) is 2. The molecule has 0 aromatic heterocycles. The molecule has 2 amide bonds. The molecule has 9 nitrogen and oxygen atoms in total. The van der Waals surface area contributed by atoms with Gasteiger partial charge >= 0.3 is 0 Å². The summed E-state index contributed by atoms with van der Waals surface area (Å²) >= 11 is 1.50. The average molecular weight is 628 g/mol. The number of methoxy groups -OCH3 is 1. The zero-order valence-corrected chi connectivity index (χ0v) is 27.2. The summed E-state index contributed by atoms with van der Waals surface area (Å²) in [5.41, 5.74) is 0.988. The van der Waals surface area contributed by atoms with Crippen LogP contribution in [-0.2, 0) is 26.2 Å². The second-order valence-electron chi connectivity index (χ2n) is 10.3. The number of benzene rings is 3. The fourth-order valence-corrected chi connectivity index (χ4v) is 6.12. The van der Waals surface area contributed by atoms with Gasteiger partial charge in [-0.2, -0.15) is 0 Å². The molecule has 3 aromatic rings. The Hall–Kier alpha value is -3.70. The first-order valence-corrected chi connectivity index (χ1v) is 16.8. The van der Waals surface area contributed by atoms with Crippen molar-refractivity contribution in [3.05, 3.63) is 78.4 Å². The summed E-state index contributed by atoms with van der Waals surface area (Å²) in [7, 11) is -2.65. The van der Waals surface area contributed by atoms with Crippen LogP contribution in [0.2, 0.25) is 0 Å². The second kappa shape index (κ2) is 15.7. The molecule has 0 saturated carbocycles. The van der Waals surface area contributed by atoms with Crippen molar-refractivity contribution in [2.24, 2.45) is 5.92 Å². The lowest BCUT2D eigenvalue weighted by Gasteiger charge is -2.32. The van der Waals surface area contributed by atoms with Gasteiger partial charge in [-0.05, 0) is 80.1 Å². The van der Waals surface area contributed by atoms with Gasteiger partial charge < -0.3 is 19.7 Å². The molecule has 0 aliphatic heterocycles.